The number of carbonyl (C=O) groups excluding carboxylic acids is 1. The summed E-state index contributed by atoms with van der Waals surface area (Å²) < 4.78 is 11.0. The van der Waals surface area contributed by atoms with Crippen LogP contribution in [0.2, 0.25) is 0 Å². The third-order valence-corrected chi connectivity index (χ3v) is 4.07. The van der Waals surface area contributed by atoms with E-state index in [0.717, 1.165) is 0 Å². The van der Waals surface area contributed by atoms with Gasteiger partial charge in [-0.05, 0) is 38.3 Å². The number of piperidine rings is 1. The van der Waals surface area contributed by atoms with Gasteiger partial charge in [-0.1, -0.05) is 6.92 Å². The molecular weight excluding hydrogens is 324 g/mol. The fourth-order valence-corrected chi connectivity index (χ4v) is 3.00. The quantitative estimate of drug-likeness (QED) is 0.852. The molecule has 1 aromatic rings. The summed E-state index contributed by atoms with van der Waals surface area (Å²) in [5, 5.41) is 12.0. The zero-order valence-electron chi connectivity index (χ0n) is 15.1. The summed E-state index contributed by atoms with van der Waals surface area (Å²) in [6.07, 6.45) is 0.603. The minimum absolute atomic E-state index is 0.0112. The van der Waals surface area contributed by atoms with Gasteiger partial charge in [0.05, 0.1) is 19.1 Å². The van der Waals surface area contributed by atoms with Crippen molar-refractivity contribution in [2.24, 2.45) is 11.8 Å². The van der Waals surface area contributed by atoms with Gasteiger partial charge in [0.2, 0.25) is 0 Å². The van der Waals surface area contributed by atoms with Crippen LogP contribution < -0.4 is 14.8 Å². The molecule has 1 fully saturated rings. The minimum atomic E-state index is -0.860. The van der Waals surface area contributed by atoms with E-state index in [-0.39, 0.29) is 24.6 Å². The van der Waals surface area contributed by atoms with Crippen LogP contribution in [0.15, 0.2) is 18.2 Å². The van der Waals surface area contributed by atoms with Crippen LogP contribution >= 0.6 is 0 Å². The normalized spacial score (nSPS) is 20.3. The van der Waals surface area contributed by atoms with Gasteiger partial charge >= 0.3 is 12.0 Å². The lowest BCUT2D eigenvalue weighted by Crippen LogP contribution is -2.47. The first-order chi connectivity index (χ1) is 11.8. The molecule has 0 saturated carbocycles. The highest BCUT2D eigenvalue weighted by molar-refractivity contribution is 5.90. The maximum absolute atomic E-state index is 12.5. The van der Waals surface area contributed by atoms with Gasteiger partial charge in [-0.15, -0.1) is 0 Å². The van der Waals surface area contributed by atoms with Crippen molar-refractivity contribution in [2.45, 2.75) is 33.3 Å². The Morgan fingerprint density at radius 3 is 2.60 bits per heavy atom. The van der Waals surface area contributed by atoms with Crippen LogP contribution in [0.3, 0.4) is 0 Å². The van der Waals surface area contributed by atoms with E-state index in [9.17, 15) is 14.7 Å². The van der Waals surface area contributed by atoms with Crippen molar-refractivity contribution in [3.8, 4) is 11.5 Å². The molecule has 0 aliphatic carbocycles. The van der Waals surface area contributed by atoms with E-state index < -0.39 is 11.9 Å². The Morgan fingerprint density at radius 2 is 2.00 bits per heavy atom. The molecule has 1 aliphatic heterocycles. The molecule has 2 unspecified atom stereocenters. The molecule has 2 atom stereocenters. The first kappa shape index (κ1) is 18.9. The lowest BCUT2D eigenvalue weighted by Gasteiger charge is -2.34. The second kappa shape index (κ2) is 8.09. The number of anilines is 1. The molecule has 0 aromatic heterocycles. The van der Waals surface area contributed by atoms with Crippen LogP contribution in [0, 0.1) is 11.8 Å². The summed E-state index contributed by atoms with van der Waals surface area (Å²) in [5.74, 6) is -0.0982. The number of nitrogens with one attached hydrogen (secondary N) is 1. The first-order valence-corrected chi connectivity index (χ1v) is 8.43. The molecule has 7 heteroatoms. The van der Waals surface area contributed by atoms with Gasteiger partial charge in [0.1, 0.15) is 0 Å². The third kappa shape index (κ3) is 5.01. The summed E-state index contributed by atoms with van der Waals surface area (Å²) in [7, 11) is 1.54. The third-order valence-electron chi connectivity index (χ3n) is 4.07. The molecule has 0 spiro atoms. The van der Waals surface area contributed by atoms with E-state index in [1.165, 1.54) is 7.11 Å². The summed E-state index contributed by atoms with van der Waals surface area (Å²) in [5.41, 5.74) is 0.572. The number of carboxylic acids is 1. The number of hydrogen-bond acceptors (Lipinski definition) is 4. The maximum atomic E-state index is 12.5. The summed E-state index contributed by atoms with van der Waals surface area (Å²) >= 11 is 0. The van der Waals surface area contributed by atoms with E-state index in [1.54, 1.807) is 23.1 Å². The van der Waals surface area contributed by atoms with Crippen LogP contribution in [-0.4, -0.2) is 48.3 Å². The number of carboxylic acid groups (broad SMARTS) is 1. The van der Waals surface area contributed by atoms with E-state index in [0.29, 0.717) is 30.2 Å². The van der Waals surface area contributed by atoms with Crippen molar-refractivity contribution in [3.63, 3.8) is 0 Å². The Bertz CT molecular complexity index is 632. The molecule has 2 amide bonds. The first-order valence-electron chi connectivity index (χ1n) is 8.43. The minimum Gasteiger partial charge on any atom is -0.493 e. The van der Waals surface area contributed by atoms with Crippen LogP contribution in [0.25, 0.3) is 0 Å². The number of rotatable bonds is 5. The predicted molar refractivity (Wildman–Crippen MR) is 94.3 cm³/mol. The molecule has 2 rings (SSSR count). The van der Waals surface area contributed by atoms with Crippen molar-refractivity contribution >= 4 is 17.7 Å². The average molecular weight is 350 g/mol. The van der Waals surface area contributed by atoms with Gasteiger partial charge in [0, 0.05) is 24.8 Å². The van der Waals surface area contributed by atoms with Crippen molar-refractivity contribution < 1.29 is 24.2 Å². The molecule has 1 aliphatic rings. The molecule has 1 heterocycles. The second-order valence-corrected chi connectivity index (χ2v) is 6.74. The summed E-state index contributed by atoms with van der Waals surface area (Å²) in [6.45, 7) is 6.56. The number of nitrogens with zero attached hydrogens (tertiary/aromatic N) is 1. The number of amides is 2. The number of benzene rings is 1. The lowest BCUT2D eigenvalue weighted by molar-refractivity contribution is -0.143. The molecule has 138 valence electrons. The second-order valence-electron chi connectivity index (χ2n) is 6.74. The highest BCUT2D eigenvalue weighted by Gasteiger charge is 2.32. The summed E-state index contributed by atoms with van der Waals surface area (Å²) in [6, 6.07) is 4.86. The van der Waals surface area contributed by atoms with Crippen LogP contribution in [-0.2, 0) is 4.79 Å². The predicted octanol–water partition coefficient (Wildman–Crippen LogP) is 3.06. The van der Waals surface area contributed by atoms with Gasteiger partial charge in [-0.3, -0.25) is 4.79 Å². The highest BCUT2D eigenvalue weighted by Crippen LogP contribution is 2.31. The fraction of sp³-hybridized carbons (Fsp3) is 0.556. The number of likely N-dealkylation sites (tertiary alicyclic amines) is 1. The van der Waals surface area contributed by atoms with Crippen LogP contribution in [0.1, 0.15) is 27.2 Å². The topological polar surface area (TPSA) is 88.1 Å². The van der Waals surface area contributed by atoms with Gasteiger partial charge in [0.15, 0.2) is 11.5 Å². The SMILES string of the molecule is COc1cc(NC(=O)N2CC(C)CC(C(=O)O)C2)ccc1OC(C)C. The summed E-state index contributed by atoms with van der Waals surface area (Å²) in [4.78, 5) is 25.3. The molecule has 7 nitrogen and oxygen atoms in total. The zero-order valence-corrected chi connectivity index (χ0v) is 15.1. The molecular formula is C18H26N2O5. The van der Waals surface area contributed by atoms with E-state index in [1.807, 2.05) is 20.8 Å². The molecule has 0 bridgehead atoms. The fourth-order valence-electron chi connectivity index (χ4n) is 3.00. The molecule has 2 N–H and O–H groups in total. The highest BCUT2D eigenvalue weighted by atomic mass is 16.5. The monoisotopic (exact) mass is 350 g/mol. The van der Waals surface area contributed by atoms with Crippen molar-refractivity contribution in [3.05, 3.63) is 18.2 Å². The Labute approximate surface area is 147 Å². The number of carbonyl (C=O) groups is 2. The van der Waals surface area contributed by atoms with E-state index >= 15 is 0 Å². The maximum Gasteiger partial charge on any atom is 0.321 e. The number of aliphatic carboxylic acids is 1. The standard InChI is InChI=1S/C18H26N2O5/c1-11(2)25-15-6-5-14(8-16(15)24-4)19-18(23)20-9-12(3)7-13(10-20)17(21)22/h5-6,8,11-13H,7,9-10H2,1-4H3,(H,19,23)(H,21,22). The molecule has 1 aromatic carbocycles. The molecule has 0 radical (unpaired) electrons. The number of methoxy groups -OCH3 is 1. The Hall–Kier alpha value is -2.44. The smallest absolute Gasteiger partial charge is 0.321 e. The Balaban J connectivity index is 2.08. The number of ether oxygens (including phenoxy) is 2. The van der Waals surface area contributed by atoms with Gasteiger partial charge in [-0.25, -0.2) is 4.79 Å². The van der Waals surface area contributed by atoms with Gasteiger partial charge < -0.3 is 24.8 Å². The van der Waals surface area contributed by atoms with Crippen molar-refractivity contribution in [2.75, 3.05) is 25.5 Å². The largest absolute Gasteiger partial charge is 0.493 e. The number of urea groups is 1. The van der Waals surface area contributed by atoms with Crippen LogP contribution in [0.5, 0.6) is 11.5 Å². The van der Waals surface area contributed by atoms with Crippen LogP contribution in [0.4, 0.5) is 10.5 Å². The van der Waals surface area contributed by atoms with Gasteiger partial charge in [0.25, 0.3) is 0 Å². The van der Waals surface area contributed by atoms with E-state index in [4.69, 9.17) is 9.47 Å². The lowest BCUT2D eigenvalue weighted by atomic mass is 9.91. The molecule has 25 heavy (non-hydrogen) atoms. The molecule has 1 saturated heterocycles. The van der Waals surface area contributed by atoms with Crippen molar-refractivity contribution in [1.29, 1.82) is 0 Å². The van der Waals surface area contributed by atoms with Crippen molar-refractivity contribution in [1.82, 2.24) is 4.90 Å². The zero-order chi connectivity index (χ0) is 18.6. The van der Waals surface area contributed by atoms with Gasteiger partial charge in [-0.2, -0.15) is 0 Å². The Kier molecular flexibility index (Phi) is 6.12. The number of hydrogen-bond donors (Lipinski definition) is 2. The van der Waals surface area contributed by atoms with E-state index in [2.05, 4.69) is 5.32 Å². The average Bonchev–Trinajstić information content (AvgIpc) is 2.55. The Morgan fingerprint density at radius 1 is 1.28 bits per heavy atom.